The van der Waals surface area contributed by atoms with Gasteiger partial charge in [0.15, 0.2) is 5.82 Å². The number of phenols is 1. The zero-order chi connectivity index (χ0) is 28.2. The summed E-state index contributed by atoms with van der Waals surface area (Å²) >= 11 is 6.20. The van der Waals surface area contributed by atoms with Crippen molar-refractivity contribution in [1.82, 2.24) is 34.3 Å². The van der Waals surface area contributed by atoms with Crippen LogP contribution in [0.1, 0.15) is 28.4 Å². The number of hydrogen-bond acceptors (Lipinski definition) is 7. The van der Waals surface area contributed by atoms with E-state index in [1.165, 1.54) is 18.2 Å². The van der Waals surface area contributed by atoms with Gasteiger partial charge in [-0.05, 0) is 55.4 Å². The summed E-state index contributed by atoms with van der Waals surface area (Å²) in [5.41, 5.74) is 3.41. The Hall–Kier alpha value is -4.41. The predicted octanol–water partition coefficient (Wildman–Crippen LogP) is 4.95. The maximum atomic E-state index is 15.3. The van der Waals surface area contributed by atoms with Crippen molar-refractivity contribution in [3.8, 4) is 28.7 Å². The number of piperidine rings is 1. The molecular formula is C30H25ClFN7O2. The Morgan fingerprint density at radius 3 is 2.63 bits per heavy atom. The molecule has 1 fully saturated rings. The van der Waals surface area contributed by atoms with E-state index in [1.807, 2.05) is 28.6 Å². The Morgan fingerprint density at radius 2 is 1.83 bits per heavy atom. The lowest BCUT2D eigenvalue weighted by Gasteiger charge is -2.41. The van der Waals surface area contributed by atoms with E-state index in [4.69, 9.17) is 16.6 Å². The molecular weight excluding hydrogens is 545 g/mol. The maximum Gasteiger partial charge on any atom is 0.254 e. The van der Waals surface area contributed by atoms with Gasteiger partial charge in [-0.3, -0.25) is 9.78 Å². The molecule has 5 aromatic rings. The van der Waals surface area contributed by atoms with Crippen molar-refractivity contribution in [1.29, 1.82) is 0 Å². The number of aromatic hydroxyl groups is 1. The molecule has 41 heavy (non-hydrogen) atoms. The largest absolute Gasteiger partial charge is 0.507 e. The number of imidazole rings is 1. The van der Waals surface area contributed by atoms with Crippen LogP contribution < -0.4 is 0 Å². The van der Waals surface area contributed by atoms with Gasteiger partial charge in [0.05, 0.1) is 23.3 Å². The van der Waals surface area contributed by atoms with Crippen LogP contribution in [0.25, 0.3) is 33.9 Å². The third kappa shape index (κ3) is 4.39. The van der Waals surface area contributed by atoms with Gasteiger partial charge in [-0.15, -0.1) is 0 Å². The van der Waals surface area contributed by atoms with Crippen LogP contribution in [-0.4, -0.2) is 71.5 Å². The first-order chi connectivity index (χ1) is 19.9. The van der Waals surface area contributed by atoms with Crippen molar-refractivity contribution in [2.45, 2.75) is 25.0 Å². The van der Waals surface area contributed by atoms with Crippen molar-refractivity contribution in [3.05, 3.63) is 89.1 Å². The van der Waals surface area contributed by atoms with E-state index in [0.29, 0.717) is 65.0 Å². The normalized spacial score (nSPS) is 19.2. The molecule has 1 saturated heterocycles. The van der Waals surface area contributed by atoms with Crippen molar-refractivity contribution < 1.29 is 14.3 Å². The predicted molar refractivity (Wildman–Crippen MR) is 152 cm³/mol. The minimum absolute atomic E-state index is 0.0188. The van der Waals surface area contributed by atoms with Crippen molar-refractivity contribution in [2.24, 2.45) is 0 Å². The average Bonchev–Trinajstić information content (AvgIpc) is 3.50. The van der Waals surface area contributed by atoms with Gasteiger partial charge in [0.25, 0.3) is 5.91 Å². The van der Waals surface area contributed by atoms with Crippen LogP contribution in [0.5, 0.6) is 5.75 Å². The smallest absolute Gasteiger partial charge is 0.254 e. The fourth-order valence-electron chi connectivity index (χ4n) is 6.09. The molecule has 1 N–H and O–H groups in total. The molecule has 11 heteroatoms. The van der Waals surface area contributed by atoms with Crippen LogP contribution in [-0.2, 0) is 6.54 Å². The Labute approximate surface area is 239 Å². The fraction of sp³-hybridized carbons (Fsp3) is 0.233. The van der Waals surface area contributed by atoms with Crippen LogP contribution in [0.4, 0.5) is 4.39 Å². The summed E-state index contributed by atoms with van der Waals surface area (Å²) in [6, 6.07) is 12.9. The van der Waals surface area contributed by atoms with Gasteiger partial charge in [0, 0.05) is 48.7 Å². The molecule has 1 amide bonds. The first kappa shape index (κ1) is 25.6. The molecule has 7 rings (SSSR count). The summed E-state index contributed by atoms with van der Waals surface area (Å²) in [5, 5.41) is 11.3. The van der Waals surface area contributed by atoms with Gasteiger partial charge >= 0.3 is 0 Å². The Kier molecular flexibility index (Phi) is 6.17. The number of aromatic nitrogens is 5. The van der Waals surface area contributed by atoms with E-state index in [-0.39, 0.29) is 29.3 Å². The average molecular weight is 570 g/mol. The Bertz CT molecular complexity index is 1790. The molecule has 0 radical (unpaired) electrons. The number of hydrogen-bond donors (Lipinski definition) is 1. The van der Waals surface area contributed by atoms with E-state index in [9.17, 15) is 9.90 Å². The standard InChI is InChI=1S/C30H25ClFN7O2/c1-37-15-19(38-14-17-6-7-18(31)10-21(17)30(38)41)11-20(16-37)39-25-12-23(28-33-8-3-9-34-28)35-13-24(25)36-29(39)27-22(32)4-2-5-26(27)40/h2-10,12-13,19-20,40H,11,14-16H2,1H3/t19?,20-/m1/s1. The molecule has 0 aliphatic carbocycles. The summed E-state index contributed by atoms with van der Waals surface area (Å²) in [6.45, 7) is 1.81. The number of amides is 1. The quantitative estimate of drug-likeness (QED) is 0.327. The first-order valence-electron chi connectivity index (χ1n) is 13.3. The van der Waals surface area contributed by atoms with Gasteiger partial charge in [0.2, 0.25) is 0 Å². The van der Waals surface area contributed by atoms with Crippen molar-refractivity contribution in [3.63, 3.8) is 0 Å². The van der Waals surface area contributed by atoms with E-state index in [2.05, 4.69) is 19.9 Å². The maximum absolute atomic E-state index is 15.3. The number of phenolic OH excluding ortho intramolecular Hbond substituents is 1. The van der Waals surface area contributed by atoms with E-state index in [1.54, 1.807) is 36.8 Å². The zero-order valence-corrected chi connectivity index (χ0v) is 22.8. The number of pyridine rings is 1. The summed E-state index contributed by atoms with van der Waals surface area (Å²) in [7, 11) is 2.01. The minimum atomic E-state index is -0.580. The number of halogens is 2. The number of likely N-dealkylation sites (N-methyl/N-ethyl adjacent to an activating group) is 1. The van der Waals surface area contributed by atoms with E-state index >= 15 is 4.39 Å². The highest BCUT2D eigenvalue weighted by Crippen LogP contribution is 2.39. The molecule has 0 bridgehead atoms. The number of nitrogens with zero attached hydrogens (tertiary/aromatic N) is 7. The Morgan fingerprint density at radius 1 is 1.02 bits per heavy atom. The first-order valence-corrected chi connectivity index (χ1v) is 13.7. The van der Waals surface area contributed by atoms with Gasteiger partial charge < -0.3 is 19.5 Å². The summed E-state index contributed by atoms with van der Waals surface area (Å²) in [5.74, 6) is -0.0786. The second-order valence-electron chi connectivity index (χ2n) is 10.6. The van der Waals surface area contributed by atoms with Gasteiger partial charge in [0.1, 0.15) is 28.6 Å². The second kappa shape index (κ2) is 9.90. The van der Waals surface area contributed by atoms with Crippen molar-refractivity contribution in [2.75, 3.05) is 20.1 Å². The summed E-state index contributed by atoms with van der Waals surface area (Å²) in [6.07, 6.45) is 5.51. The van der Waals surface area contributed by atoms with Gasteiger partial charge in [-0.2, -0.15) is 0 Å². The highest BCUT2D eigenvalue weighted by atomic mass is 35.5. The highest BCUT2D eigenvalue weighted by Gasteiger charge is 2.39. The number of carbonyl (C=O) groups is 1. The molecule has 2 aliphatic heterocycles. The number of carbonyl (C=O) groups excluding carboxylic acids is 1. The molecule has 5 heterocycles. The fourth-order valence-corrected chi connectivity index (χ4v) is 6.27. The lowest BCUT2D eigenvalue weighted by Crippen LogP contribution is -2.50. The molecule has 2 aliphatic rings. The molecule has 2 atom stereocenters. The molecule has 9 nitrogen and oxygen atoms in total. The highest BCUT2D eigenvalue weighted by molar-refractivity contribution is 6.31. The summed E-state index contributed by atoms with van der Waals surface area (Å²) < 4.78 is 17.2. The molecule has 1 unspecified atom stereocenters. The lowest BCUT2D eigenvalue weighted by atomic mass is 9.98. The van der Waals surface area contributed by atoms with Crippen molar-refractivity contribution >= 4 is 28.5 Å². The molecule has 0 spiro atoms. The monoisotopic (exact) mass is 569 g/mol. The number of fused-ring (bicyclic) bond motifs is 2. The number of rotatable bonds is 4. The zero-order valence-electron chi connectivity index (χ0n) is 22.1. The second-order valence-corrected chi connectivity index (χ2v) is 11.0. The molecule has 3 aromatic heterocycles. The van der Waals surface area contributed by atoms with Gasteiger partial charge in [-0.1, -0.05) is 23.7 Å². The molecule has 206 valence electrons. The molecule has 2 aromatic carbocycles. The van der Waals surface area contributed by atoms with E-state index in [0.717, 1.165) is 5.56 Å². The van der Waals surface area contributed by atoms with Crippen LogP contribution in [0, 0.1) is 5.82 Å². The number of likely N-dealkylation sites (tertiary alicyclic amines) is 1. The van der Waals surface area contributed by atoms with Crippen LogP contribution >= 0.6 is 11.6 Å². The SMILES string of the molecule is CN1CC(N2Cc3ccc(Cl)cc3C2=O)C[C@@H](n2c(-c3c(O)cccc3F)nc3cnc(-c4ncccn4)cc32)C1. The Balaban J connectivity index is 1.35. The van der Waals surface area contributed by atoms with Gasteiger partial charge in [-0.25, -0.2) is 19.3 Å². The van der Waals surface area contributed by atoms with Crippen LogP contribution in [0.2, 0.25) is 5.02 Å². The third-order valence-corrected chi connectivity index (χ3v) is 8.12. The minimum Gasteiger partial charge on any atom is -0.507 e. The third-order valence-electron chi connectivity index (χ3n) is 7.88. The van der Waals surface area contributed by atoms with Crippen LogP contribution in [0.3, 0.4) is 0 Å². The number of benzene rings is 2. The van der Waals surface area contributed by atoms with E-state index < -0.39 is 5.82 Å². The van der Waals surface area contributed by atoms with Crippen LogP contribution in [0.15, 0.2) is 67.1 Å². The topological polar surface area (TPSA) is 100 Å². The lowest BCUT2D eigenvalue weighted by molar-refractivity contribution is 0.0532. The summed E-state index contributed by atoms with van der Waals surface area (Å²) in [4.78, 5) is 35.5. The molecule has 0 saturated carbocycles.